The fraction of sp³-hybridized carbons (Fsp3) is 0.188. The van der Waals surface area contributed by atoms with Crippen LogP contribution in [0.2, 0.25) is 0 Å². The molecule has 0 aliphatic heterocycles. The molecule has 0 atom stereocenters. The summed E-state index contributed by atoms with van der Waals surface area (Å²) in [6.45, 7) is 2.50. The number of benzene rings is 1. The lowest BCUT2D eigenvalue weighted by Crippen LogP contribution is -2.24. The lowest BCUT2D eigenvalue weighted by molar-refractivity contribution is 0.0958. The Morgan fingerprint density at radius 2 is 2.24 bits per heavy atom. The van der Waals surface area contributed by atoms with Crippen LogP contribution in [0.25, 0.3) is 10.9 Å². The quantitative estimate of drug-likeness (QED) is 0.759. The van der Waals surface area contributed by atoms with Gasteiger partial charge in [0.05, 0.1) is 4.88 Å². The van der Waals surface area contributed by atoms with Gasteiger partial charge in [-0.3, -0.25) is 4.79 Å². The summed E-state index contributed by atoms with van der Waals surface area (Å²) in [7, 11) is 0. The SMILES string of the molecule is Cc1[nH]c2ccc(F)cc2c1CCNC(=O)c1cccs1. The summed E-state index contributed by atoms with van der Waals surface area (Å²) in [4.78, 5) is 15.8. The summed E-state index contributed by atoms with van der Waals surface area (Å²) in [5.74, 6) is -0.306. The Balaban J connectivity index is 1.72. The van der Waals surface area contributed by atoms with Gasteiger partial charge in [0.25, 0.3) is 5.91 Å². The Kier molecular flexibility index (Phi) is 3.75. The van der Waals surface area contributed by atoms with Gasteiger partial charge < -0.3 is 10.3 Å². The summed E-state index contributed by atoms with van der Waals surface area (Å²) in [5, 5.41) is 5.66. The number of thiophene rings is 1. The Morgan fingerprint density at radius 3 is 3.00 bits per heavy atom. The zero-order chi connectivity index (χ0) is 14.8. The van der Waals surface area contributed by atoms with Crippen LogP contribution in [0.5, 0.6) is 0 Å². The van der Waals surface area contributed by atoms with E-state index in [2.05, 4.69) is 10.3 Å². The maximum Gasteiger partial charge on any atom is 0.261 e. The summed E-state index contributed by atoms with van der Waals surface area (Å²) in [6.07, 6.45) is 0.673. The molecule has 0 unspecified atom stereocenters. The fourth-order valence-electron chi connectivity index (χ4n) is 2.47. The number of aromatic amines is 1. The van der Waals surface area contributed by atoms with Gasteiger partial charge in [-0.2, -0.15) is 0 Å². The summed E-state index contributed by atoms with van der Waals surface area (Å²) in [6, 6.07) is 8.37. The van der Waals surface area contributed by atoms with Crippen LogP contribution >= 0.6 is 11.3 Å². The third-order valence-electron chi connectivity index (χ3n) is 3.49. The largest absolute Gasteiger partial charge is 0.358 e. The number of nitrogens with one attached hydrogen (secondary N) is 2. The van der Waals surface area contributed by atoms with Gasteiger partial charge in [0, 0.05) is 23.1 Å². The van der Waals surface area contributed by atoms with Crippen molar-refractivity contribution in [3.63, 3.8) is 0 Å². The highest BCUT2D eigenvalue weighted by molar-refractivity contribution is 7.12. The highest BCUT2D eigenvalue weighted by atomic mass is 32.1. The van der Waals surface area contributed by atoms with Crippen LogP contribution in [0.15, 0.2) is 35.7 Å². The third-order valence-corrected chi connectivity index (χ3v) is 4.36. The second-order valence-electron chi connectivity index (χ2n) is 4.90. The minimum Gasteiger partial charge on any atom is -0.358 e. The minimum atomic E-state index is -0.245. The number of fused-ring (bicyclic) bond motifs is 1. The van der Waals surface area contributed by atoms with E-state index in [-0.39, 0.29) is 11.7 Å². The molecule has 3 rings (SSSR count). The minimum absolute atomic E-state index is 0.0614. The second kappa shape index (κ2) is 5.69. The molecular formula is C16H15FN2OS. The first-order chi connectivity index (χ1) is 10.1. The van der Waals surface area contributed by atoms with Gasteiger partial charge >= 0.3 is 0 Å². The number of hydrogen-bond acceptors (Lipinski definition) is 2. The predicted octanol–water partition coefficient (Wildman–Crippen LogP) is 3.65. The van der Waals surface area contributed by atoms with Gasteiger partial charge in [-0.1, -0.05) is 6.07 Å². The van der Waals surface area contributed by atoms with E-state index in [0.717, 1.165) is 22.2 Å². The van der Waals surface area contributed by atoms with Crippen molar-refractivity contribution in [3.05, 3.63) is 57.7 Å². The Hall–Kier alpha value is -2.14. The maximum atomic E-state index is 13.4. The molecule has 0 aliphatic carbocycles. The molecule has 5 heteroatoms. The van der Waals surface area contributed by atoms with Crippen LogP contribution in [0.4, 0.5) is 4.39 Å². The number of aryl methyl sites for hydroxylation is 1. The smallest absolute Gasteiger partial charge is 0.261 e. The molecule has 0 bridgehead atoms. The number of aromatic nitrogens is 1. The van der Waals surface area contributed by atoms with Crippen LogP contribution in [-0.2, 0) is 6.42 Å². The third kappa shape index (κ3) is 2.83. The first-order valence-electron chi connectivity index (χ1n) is 6.73. The number of amides is 1. The van der Waals surface area contributed by atoms with Crippen LogP contribution in [0, 0.1) is 12.7 Å². The highest BCUT2D eigenvalue weighted by Crippen LogP contribution is 2.23. The van der Waals surface area contributed by atoms with Crippen molar-refractivity contribution in [3.8, 4) is 0 Å². The van der Waals surface area contributed by atoms with E-state index in [1.54, 1.807) is 12.1 Å². The van der Waals surface area contributed by atoms with Crippen LogP contribution in [-0.4, -0.2) is 17.4 Å². The van der Waals surface area contributed by atoms with Crippen LogP contribution in [0.3, 0.4) is 0 Å². The number of H-pyrrole nitrogens is 1. The van der Waals surface area contributed by atoms with Crippen molar-refractivity contribution in [1.29, 1.82) is 0 Å². The molecule has 0 spiro atoms. The van der Waals surface area contributed by atoms with E-state index in [0.29, 0.717) is 17.8 Å². The Labute approximate surface area is 125 Å². The molecular weight excluding hydrogens is 287 g/mol. The van der Waals surface area contributed by atoms with E-state index in [1.165, 1.54) is 23.5 Å². The molecule has 1 amide bonds. The van der Waals surface area contributed by atoms with E-state index >= 15 is 0 Å². The van der Waals surface area contributed by atoms with Gasteiger partial charge in [-0.25, -0.2) is 4.39 Å². The Morgan fingerprint density at radius 1 is 1.38 bits per heavy atom. The molecule has 108 valence electrons. The lowest BCUT2D eigenvalue weighted by atomic mass is 10.1. The molecule has 0 saturated carbocycles. The van der Waals surface area contributed by atoms with E-state index in [9.17, 15) is 9.18 Å². The first kappa shape index (κ1) is 13.8. The molecule has 0 radical (unpaired) electrons. The molecule has 21 heavy (non-hydrogen) atoms. The summed E-state index contributed by atoms with van der Waals surface area (Å²) >= 11 is 1.42. The monoisotopic (exact) mass is 302 g/mol. The predicted molar refractivity (Wildman–Crippen MR) is 83.3 cm³/mol. The molecule has 0 saturated heterocycles. The van der Waals surface area contributed by atoms with E-state index in [4.69, 9.17) is 0 Å². The lowest BCUT2D eigenvalue weighted by Gasteiger charge is -2.04. The topological polar surface area (TPSA) is 44.9 Å². The maximum absolute atomic E-state index is 13.4. The van der Waals surface area contributed by atoms with Crippen molar-refractivity contribution >= 4 is 28.1 Å². The summed E-state index contributed by atoms with van der Waals surface area (Å²) in [5.41, 5.74) is 2.99. The van der Waals surface area contributed by atoms with Crippen molar-refractivity contribution in [2.24, 2.45) is 0 Å². The molecule has 3 aromatic rings. The number of carbonyl (C=O) groups excluding carboxylic acids is 1. The molecule has 2 aromatic heterocycles. The van der Waals surface area contributed by atoms with Gasteiger partial charge in [0.1, 0.15) is 5.82 Å². The number of carbonyl (C=O) groups is 1. The van der Waals surface area contributed by atoms with Gasteiger partial charge in [-0.15, -0.1) is 11.3 Å². The second-order valence-corrected chi connectivity index (χ2v) is 5.85. The van der Waals surface area contributed by atoms with Crippen LogP contribution < -0.4 is 5.32 Å². The van der Waals surface area contributed by atoms with Gasteiger partial charge in [-0.05, 0) is 48.6 Å². The molecule has 0 aliphatic rings. The van der Waals surface area contributed by atoms with Crippen molar-refractivity contribution in [2.45, 2.75) is 13.3 Å². The van der Waals surface area contributed by atoms with Crippen molar-refractivity contribution < 1.29 is 9.18 Å². The first-order valence-corrected chi connectivity index (χ1v) is 7.61. The van der Waals surface area contributed by atoms with Crippen molar-refractivity contribution in [2.75, 3.05) is 6.54 Å². The average molecular weight is 302 g/mol. The van der Waals surface area contributed by atoms with Gasteiger partial charge in [0.15, 0.2) is 0 Å². The van der Waals surface area contributed by atoms with Gasteiger partial charge in [0.2, 0.25) is 0 Å². The van der Waals surface area contributed by atoms with E-state index < -0.39 is 0 Å². The Bertz CT molecular complexity index is 777. The number of rotatable bonds is 4. The normalized spacial score (nSPS) is 11.0. The molecule has 3 nitrogen and oxygen atoms in total. The van der Waals surface area contributed by atoms with Crippen LogP contribution in [0.1, 0.15) is 20.9 Å². The average Bonchev–Trinajstić information content (AvgIpc) is 3.08. The molecule has 2 N–H and O–H groups in total. The van der Waals surface area contributed by atoms with Crippen molar-refractivity contribution in [1.82, 2.24) is 10.3 Å². The molecule has 0 fully saturated rings. The number of halogens is 1. The fourth-order valence-corrected chi connectivity index (χ4v) is 3.11. The highest BCUT2D eigenvalue weighted by Gasteiger charge is 2.10. The number of hydrogen-bond donors (Lipinski definition) is 2. The standard InChI is InChI=1S/C16H15FN2OS/c1-10-12(13-9-11(17)4-5-14(13)19-10)6-7-18-16(20)15-3-2-8-21-15/h2-5,8-9,19H,6-7H2,1H3,(H,18,20). The summed E-state index contributed by atoms with van der Waals surface area (Å²) < 4.78 is 13.4. The zero-order valence-electron chi connectivity index (χ0n) is 11.6. The molecule has 2 heterocycles. The zero-order valence-corrected chi connectivity index (χ0v) is 12.4. The molecule has 1 aromatic carbocycles. The van der Waals surface area contributed by atoms with E-state index in [1.807, 2.05) is 18.4 Å².